The van der Waals surface area contributed by atoms with E-state index in [4.69, 9.17) is 0 Å². The van der Waals surface area contributed by atoms with E-state index >= 15 is 0 Å². The topological polar surface area (TPSA) is 52.5 Å². The molecule has 1 rings (SSSR count). The standard InChI is InChI=1S/C16H27NO2/c1-4-13(5-2)15(18)11-17-12-16(3,19)14-9-7-6-8-10-14/h6-10,13,15,17-19H,4-5,11-12H2,1-3H3. The fourth-order valence-electron chi connectivity index (χ4n) is 2.36. The van der Waals surface area contributed by atoms with Crippen LogP contribution >= 0.6 is 0 Å². The van der Waals surface area contributed by atoms with Gasteiger partial charge in [0.05, 0.1) is 11.7 Å². The van der Waals surface area contributed by atoms with Crippen molar-refractivity contribution < 1.29 is 10.2 Å². The van der Waals surface area contributed by atoms with Crippen molar-refractivity contribution in [1.82, 2.24) is 5.32 Å². The predicted octanol–water partition coefficient (Wildman–Crippen LogP) is 2.28. The van der Waals surface area contributed by atoms with Gasteiger partial charge in [-0.2, -0.15) is 0 Å². The maximum absolute atomic E-state index is 10.4. The van der Waals surface area contributed by atoms with Crippen molar-refractivity contribution in [1.29, 1.82) is 0 Å². The first-order chi connectivity index (χ1) is 9.01. The second-order valence-electron chi connectivity index (χ2n) is 5.41. The van der Waals surface area contributed by atoms with Crippen LogP contribution in [0, 0.1) is 5.92 Å². The smallest absolute Gasteiger partial charge is 0.0992 e. The van der Waals surface area contributed by atoms with Crippen LogP contribution in [0.1, 0.15) is 39.2 Å². The van der Waals surface area contributed by atoms with E-state index in [0.717, 1.165) is 18.4 Å². The lowest BCUT2D eigenvalue weighted by molar-refractivity contribution is 0.0464. The summed E-state index contributed by atoms with van der Waals surface area (Å²) in [6.45, 7) is 6.94. The van der Waals surface area contributed by atoms with E-state index in [1.54, 1.807) is 6.92 Å². The molecule has 0 saturated heterocycles. The van der Waals surface area contributed by atoms with Gasteiger partial charge in [-0.25, -0.2) is 0 Å². The molecule has 0 fully saturated rings. The monoisotopic (exact) mass is 265 g/mol. The number of rotatable bonds is 8. The fourth-order valence-corrected chi connectivity index (χ4v) is 2.36. The highest BCUT2D eigenvalue weighted by atomic mass is 16.3. The van der Waals surface area contributed by atoms with Crippen molar-refractivity contribution in [2.45, 2.75) is 45.3 Å². The summed E-state index contributed by atoms with van der Waals surface area (Å²) in [4.78, 5) is 0. The number of aliphatic hydroxyl groups is 2. The van der Waals surface area contributed by atoms with E-state index < -0.39 is 5.60 Å². The van der Waals surface area contributed by atoms with Crippen molar-refractivity contribution in [3.63, 3.8) is 0 Å². The van der Waals surface area contributed by atoms with Crippen molar-refractivity contribution in [2.75, 3.05) is 13.1 Å². The molecule has 0 aromatic heterocycles. The first-order valence-corrected chi connectivity index (χ1v) is 7.18. The summed E-state index contributed by atoms with van der Waals surface area (Å²) in [6.07, 6.45) is 1.62. The second kappa shape index (κ2) is 7.63. The Kier molecular flexibility index (Phi) is 6.49. The zero-order valence-corrected chi connectivity index (χ0v) is 12.3. The molecule has 19 heavy (non-hydrogen) atoms. The van der Waals surface area contributed by atoms with Gasteiger partial charge in [-0.15, -0.1) is 0 Å². The molecule has 3 N–H and O–H groups in total. The molecule has 108 valence electrons. The second-order valence-corrected chi connectivity index (χ2v) is 5.41. The number of benzene rings is 1. The van der Waals surface area contributed by atoms with Crippen LogP contribution in [0.15, 0.2) is 30.3 Å². The predicted molar refractivity (Wildman–Crippen MR) is 79.0 cm³/mol. The Bertz CT molecular complexity index is 347. The highest BCUT2D eigenvalue weighted by Crippen LogP contribution is 2.19. The first-order valence-electron chi connectivity index (χ1n) is 7.18. The Hall–Kier alpha value is -0.900. The van der Waals surface area contributed by atoms with Gasteiger partial charge in [0.1, 0.15) is 0 Å². The zero-order valence-electron chi connectivity index (χ0n) is 12.3. The molecular weight excluding hydrogens is 238 g/mol. The zero-order chi connectivity index (χ0) is 14.3. The maximum atomic E-state index is 10.4. The number of hydrogen-bond acceptors (Lipinski definition) is 3. The maximum Gasteiger partial charge on any atom is 0.0992 e. The molecule has 0 heterocycles. The largest absolute Gasteiger partial charge is 0.392 e. The van der Waals surface area contributed by atoms with E-state index in [0.29, 0.717) is 19.0 Å². The molecule has 0 aliphatic carbocycles. The molecule has 2 atom stereocenters. The minimum absolute atomic E-state index is 0.328. The third kappa shape index (κ3) is 4.94. The third-order valence-corrected chi connectivity index (χ3v) is 3.81. The van der Waals surface area contributed by atoms with Gasteiger partial charge in [0.25, 0.3) is 0 Å². The summed E-state index contributed by atoms with van der Waals surface area (Å²) in [5, 5.41) is 23.6. The first kappa shape index (κ1) is 16.2. The Labute approximate surface area is 116 Å². The van der Waals surface area contributed by atoms with Crippen LogP contribution in [0.4, 0.5) is 0 Å². The normalized spacial score (nSPS) is 16.3. The van der Waals surface area contributed by atoms with Crippen LogP contribution < -0.4 is 5.32 Å². The van der Waals surface area contributed by atoms with Gasteiger partial charge in [-0.1, -0.05) is 57.0 Å². The number of aliphatic hydroxyl groups excluding tert-OH is 1. The van der Waals surface area contributed by atoms with Crippen LogP contribution in [-0.2, 0) is 5.60 Å². The van der Waals surface area contributed by atoms with Crippen LogP contribution in [0.2, 0.25) is 0 Å². The van der Waals surface area contributed by atoms with Crippen molar-refractivity contribution in [3.05, 3.63) is 35.9 Å². The highest BCUT2D eigenvalue weighted by molar-refractivity contribution is 5.21. The molecule has 0 amide bonds. The number of hydrogen-bond donors (Lipinski definition) is 3. The molecule has 0 aliphatic heterocycles. The molecule has 0 spiro atoms. The van der Waals surface area contributed by atoms with Gasteiger partial charge >= 0.3 is 0 Å². The molecule has 1 aromatic rings. The Balaban J connectivity index is 2.44. The van der Waals surface area contributed by atoms with Gasteiger partial charge in [-0.3, -0.25) is 0 Å². The summed E-state index contributed by atoms with van der Waals surface area (Å²) < 4.78 is 0. The quantitative estimate of drug-likeness (QED) is 0.676. The average Bonchev–Trinajstić information content (AvgIpc) is 2.41. The molecule has 1 aromatic carbocycles. The van der Waals surface area contributed by atoms with Crippen LogP contribution in [-0.4, -0.2) is 29.4 Å². The van der Waals surface area contributed by atoms with Gasteiger partial charge in [0.15, 0.2) is 0 Å². The third-order valence-electron chi connectivity index (χ3n) is 3.81. The lowest BCUT2D eigenvalue weighted by atomic mass is 9.94. The summed E-state index contributed by atoms with van der Waals surface area (Å²) in [6, 6.07) is 9.60. The van der Waals surface area contributed by atoms with Crippen molar-refractivity contribution in [2.24, 2.45) is 5.92 Å². The molecule has 2 unspecified atom stereocenters. The van der Waals surface area contributed by atoms with E-state index in [9.17, 15) is 10.2 Å². The Morgan fingerprint density at radius 2 is 1.74 bits per heavy atom. The SMILES string of the molecule is CCC(CC)C(O)CNCC(C)(O)c1ccccc1. The molecule has 0 radical (unpaired) electrons. The summed E-state index contributed by atoms with van der Waals surface area (Å²) in [5.41, 5.74) is -0.0194. The minimum atomic E-state index is -0.908. The average molecular weight is 265 g/mol. The van der Waals surface area contributed by atoms with Gasteiger partial charge in [0.2, 0.25) is 0 Å². The number of nitrogens with one attached hydrogen (secondary N) is 1. The van der Waals surface area contributed by atoms with Crippen LogP contribution in [0.25, 0.3) is 0 Å². The van der Waals surface area contributed by atoms with Crippen LogP contribution in [0.3, 0.4) is 0 Å². The van der Waals surface area contributed by atoms with Gasteiger partial charge in [-0.05, 0) is 18.4 Å². The highest BCUT2D eigenvalue weighted by Gasteiger charge is 2.23. The van der Waals surface area contributed by atoms with E-state index in [1.807, 2.05) is 30.3 Å². The van der Waals surface area contributed by atoms with Crippen molar-refractivity contribution >= 4 is 0 Å². The molecular formula is C16H27NO2. The Morgan fingerprint density at radius 3 is 2.26 bits per heavy atom. The molecule has 0 aliphatic rings. The van der Waals surface area contributed by atoms with E-state index in [2.05, 4.69) is 19.2 Å². The molecule has 0 saturated carbocycles. The Morgan fingerprint density at radius 1 is 1.16 bits per heavy atom. The van der Waals surface area contributed by atoms with Gasteiger partial charge in [0, 0.05) is 13.1 Å². The lowest BCUT2D eigenvalue weighted by Gasteiger charge is -2.26. The fraction of sp³-hybridized carbons (Fsp3) is 0.625. The van der Waals surface area contributed by atoms with Gasteiger partial charge < -0.3 is 15.5 Å². The van der Waals surface area contributed by atoms with E-state index in [1.165, 1.54) is 0 Å². The van der Waals surface area contributed by atoms with Crippen LogP contribution in [0.5, 0.6) is 0 Å². The molecule has 3 nitrogen and oxygen atoms in total. The molecule has 0 bridgehead atoms. The van der Waals surface area contributed by atoms with Crippen molar-refractivity contribution in [3.8, 4) is 0 Å². The summed E-state index contributed by atoms with van der Waals surface area (Å²) in [5.74, 6) is 0.328. The van der Waals surface area contributed by atoms with E-state index in [-0.39, 0.29) is 6.10 Å². The minimum Gasteiger partial charge on any atom is -0.392 e. The lowest BCUT2D eigenvalue weighted by Crippen LogP contribution is -2.40. The molecule has 3 heteroatoms. The summed E-state index contributed by atoms with van der Waals surface area (Å²) in [7, 11) is 0. The summed E-state index contributed by atoms with van der Waals surface area (Å²) >= 11 is 0.